The minimum absolute atomic E-state index is 0.361. The van der Waals surface area contributed by atoms with E-state index in [1.807, 2.05) is 31.5 Å². The number of nitrogens with zero attached hydrogens (tertiary/aromatic N) is 5. The van der Waals surface area contributed by atoms with E-state index in [1.54, 1.807) is 0 Å². The van der Waals surface area contributed by atoms with Crippen LogP contribution in [0.3, 0.4) is 0 Å². The fourth-order valence-corrected chi connectivity index (χ4v) is 4.76. The van der Waals surface area contributed by atoms with Crippen molar-refractivity contribution >= 4 is 5.91 Å². The Morgan fingerprint density at radius 1 is 1.07 bits per heavy atom. The Labute approximate surface area is 173 Å². The molecule has 2 aliphatic heterocycles. The molecule has 2 aliphatic rings. The molecule has 1 amide bonds. The van der Waals surface area contributed by atoms with Gasteiger partial charge < -0.3 is 9.47 Å². The van der Waals surface area contributed by atoms with Gasteiger partial charge in [0.1, 0.15) is 5.82 Å². The summed E-state index contributed by atoms with van der Waals surface area (Å²) in [5.41, 5.74) is 1.13. The first-order valence-electron chi connectivity index (χ1n) is 11.0. The Kier molecular flexibility index (Phi) is 6.60. The number of aromatic nitrogens is 3. The summed E-state index contributed by atoms with van der Waals surface area (Å²) >= 11 is 0. The Morgan fingerprint density at radius 3 is 2.66 bits per heavy atom. The normalized spacial score (nSPS) is 21.4. The SMILES string of the molecule is Cc1nccn1C[C@@H]1CCCN(C(=O)CC2CCN(Cc3ccccn3)CC2)C1. The summed E-state index contributed by atoms with van der Waals surface area (Å²) < 4.78 is 2.22. The molecule has 0 N–H and O–H groups in total. The van der Waals surface area contributed by atoms with Crippen LogP contribution in [0.15, 0.2) is 36.8 Å². The third kappa shape index (κ3) is 5.44. The van der Waals surface area contributed by atoms with Gasteiger partial charge in [-0.2, -0.15) is 0 Å². The van der Waals surface area contributed by atoms with Crippen molar-refractivity contribution in [2.75, 3.05) is 26.2 Å². The molecule has 2 aromatic rings. The van der Waals surface area contributed by atoms with Gasteiger partial charge in [-0.3, -0.25) is 14.7 Å². The highest BCUT2D eigenvalue weighted by Gasteiger charge is 2.27. The van der Waals surface area contributed by atoms with Crippen molar-refractivity contribution in [2.45, 2.75) is 52.1 Å². The van der Waals surface area contributed by atoms with E-state index in [0.29, 0.717) is 24.2 Å². The fourth-order valence-electron chi connectivity index (χ4n) is 4.76. The molecule has 0 unspecified atom stereocenters. The van der Waals surface area contributed by atoms with Crippen molar-refractivity contribution in [3.63, 3.8) is 0 Å². The number of carbonyl (C=O) groups is 1. The van der Waals surface area contributed by atoms with Crippen LogP contribution in [0.1, 0.15) is 43.6 Å². The van der Waals surface area contributed by atoms with Gasteiger partial charge in [-0.25, -0.2) is 4.98 Å². The van der Waals surface area contributed by atoms with E-state index in [4.69, 9.17) is 0 Å². The van der Waals surface area contributed by atoms with Crippen molar-refractivity contribution in [1.29, 1.82) is 0 Å². The topological polar surface area (TPSA) is 54.3 Å². The van der Waals surface area contributed by atoms with Gasteiger partial charge in [0.15, 0.2) is 0 Å². The smallest absolute Gasteiger partial charge is 0.222 e. The molecule has 2 saturated heterocycles. The van der Waals surface area contributed by atoms with Gasteiger partial charge in [-0.15, -0.1) is 0 Å². The number of imidazole rings is 1. The number of aryl methyl sites for hydroxylation is 1. The van der Waals surface area contributed by atoms with Gasteiger partial charge in [-0.05, 0) is 69.7 Å². The van der Waals surface area contributed by atoms with E-state index in [2.05, 4.69) is 36.6 Å². The van der Waals surface area contributed by atoms with Gasteiger partial charge >= 0.3 is 0 Å². The van der Waals surface area contributed by atoms with Crippen LogP contribution in [0, 0.1) is 18.8 Å². The number of carbonyl (C=O) groups excluding carboxylic acids is 1. The minimum Gasteiger partial charge on any atom is -0.342 e. The molecular weight excluding hydrogens is 362 g/mol. The molecule has 4 rings (SSSR count). The van der Waals surface area contributed by atoms with E-state index in [1.165, 1.54) is 6.42 Å². The number of likely N-dealkylation sites (tertiary alicyclic amines) is 2. The highest BCUT2D eigenvalue weighted by molar-refractivity contribution is 5.76. The summed E-state index contributed by atoms with van der Waals surface area (Å²) in [6.45, 7) is 7.90. The molecule has 2 aromatic heterocycles. The van der Waals surface area contributed by atoms with Gasteiger partial charge in [-0.1, -0.05) is 6.07 Å². The first-order valence-corrected chi connectivity index (χ1v) is 11.0. The van der Waals surface area contributed by atoms with Crippen LogP contribution in [0.2, 0.25) is 0 Å². The van der Waals surface area contributed by atoms with Crippen LogP contribution in [-0.2, 0) is 17.9 Å². The van der Waals surface area contributed by atoms with E-state index < -0.39 is 0 Å². The van der Waals surface area contributed by atoms with Gasteiger partial charge in [0, 0.05) is 51.2 Å². The Bertz CT molecular complexity index is 782. The molecule has 6 heteroatoms. The second-order valence-corrected chi connectivity index (χ2v) is 8.72. The van der Waals surface area contributed by atoms with Crippen LogP contribution in [0.25, 0.3) is 0 Å². The zero-order valence-corrected chi connectivity index (χ0v) is 17.5. The molecule has 1 atom stereocenters. The van der Waals surface area contributed by atoms with Gasteiger partial charge in [0.25, 0.3) is 0 Å². The largest absolute Gasteiger partial charge is 0.342 e. The molecule has 0 aliphatic carbocycles. The third-order valence-corrected chi connectivity index (χ3v) is 6.53. The number of piperidine rings is 2. The quantitative estimate of drug-likeness (QED) is 0.754. The molecule has 0 saturated carbocycles. The van der Waals surface area contributed by atoms with Crippen molar-refractivity contribution in [1.82, 2.24) is 24.3 Å². The zero-order valence-electron chi connectivity index (χ0n) is 17.5. The highest BCUT2D eigenvalue weighted by Crippen LogP contribution is 2.25. The molecule has 6 nitrogen and oxygen atoms in total. The molecule has 0 radical (unpaired) electrons. The lowest BCUT2D eigenvalue weighted by molar-refractivity contribution is -0.134. The summed E-state index contributed by atoms with van der Waals surface area (Å²) in [6, 6.07) is 6.10. The average Bonchev–Trinajstić information content (AvgIpc) is 3.15. The van der Waals surface area contributed by atoms with Crippen LogP contribution in [-0.4, -0.2) is 56.4 Å². The highest BCUT2D eigenvalue weighted by atomic mass is 16.2. The summed E-state index contributed by atoms with van der Waals surface area (Å²) in [7, 11) is 0. The van der Waals surface area contributed by atoms with Crippen LogP contribution >= 0.6 is 0 Å². The predicted molar refractivity (Wildman–Crippen MR) is 113 cm³/mol. The van der Waals surface area contributed by atoms with E-state index >= 15 is 0 Å². The molecule has 4 heterocycles. The molecular formula is C23H33N5O. The molecule has 0 bridgehead atoms. The lowest BCUT2D eigenvalue weighted by atomic mass is 9.91. The minimum atomic E-state index is 0.361. The first-order chi connectivity index (χ1) is 14.2. The second kappa shape index (κ2) is 9.53. The lowest BCUT2D eigenvalue weighted by Crippen LogP contribution is -2.42. The van der Waals surface area contributed by atoms with Gasteiger partial charge in [0.05, 0.1) is 5.69 Å². The molecule has 0 aromatic carbocycles. The Morgan fingerprint density at radius 2 is 1.93 bits per heavy atom. The maximum Gasteiger partial charge on any atom is 0.222 e. The number of hydrogen-bond donors (Lipinski definition) is 0. The van der Waals surface area contributed by atoms with Crippen molar-refractivity contribution in [3.8, 4) is 0 Å². The van der Waals surface area contributed by atoms with E-state index in [0.717, 1.165) is 70.0 Å². The summed E-state index contributed by atoms with van der Waals surface area (Å²) in [4.78, 5) is 26.3. The van der Waals surface area contributed by atoms with Crippen molar-refractivity contribution in [2.24, 2.45) is 11.8 Å². The standard InChI is InChI=1S/C23H33N5O/c1-19-24-10-14-27(19)16-21-5-4-11-28(17-21)23(29)15-20-7-12-26(13-8-20)18-22-6-2-3-9-25-22/h2-3,6,9-10,14,20-21H,4-5,7-8,11-13,15-18H2,1H3/t21-/m0/s1. The molecule has 0 spiro atoms. The monoisotopic (exact) mass is 395 g/mol. The van der Waals surface area contributed by atoms with Gasteiger partial charge in [0.2, 0.25) is 5.91 Å². The van der Waals surface area contributed by atoms with Crippen LogP contribution in [0.5, 0.6) is 0 Å². The molecule has 156 valence electrons. The number of rotatable bonds is 6. The Hall–Kier alpha value is -2.21. The number of hydrogen-bond acceptors (Lipinski definition) is 4. The van der Waals surface area contributed by atoms with Crippen LogP contribution in [0.4, 0.5) is 0 Å². The number of amides is 1. The predicted octanol–water partition coefficient (Wildman–Crippen LogP) is 3.13. The third-order valence-electron chi connectivity index (χ3n) is 6.53. The summed E-state index contributed by atoms with van der Waals surface area (Å²) in [5.74, 6) is 2.49. The first kappa shape index (κ1) is 20.1. The maximum absolute atomic E-state index is 12.9. The molecule has 29 heavy (non-hydrogen) atoms. The van der Waals surface area contributed by atoms with Crippen molar-refractivity contribution < 1.29 is 4.79 Å². The zero-order chi connectivity index (χ0) is 20.1. The van der Waals surface area contributed by atoms with E-state index in [-0.39, 0.29) is 0 Å². The Balaban J connectivity index is 1.22. The van der Waals surface area contributed by atoms with Crippen LogP contribution < -0.4 is 0 Å². The van der Waals surface area contributed by atoms with E-state index in [9.17, 15) is 4.79 Å². The average molecular weight is 396 g/mol. The summed E-state index contributed by atoms with van der Waals surface area (Å²) in [5, 5.41) is 0. The number of pyridine rings is 1. The lowest BCUT2D eigenvalue weighted by Gasteiger charge is -2.36. The molecule has 2 fully saturated rings. The second-order valence-electron chi connectivity index (χ2n) is 8.72. The van der Waals surface area contributed by atoms with Crippen molar-refractivity contribution in [3.05, 3.63) is 48.3 Å². The fraction of sp³-hybridized carbons (Fsp3) is 0.609. The summed E-state index contributed by atoms with van der Waals surface area (Å²) in [6.07, 6.45) is 11.0. The maximum atomic E-state index is 12.9.